The zero-order chi connectivity index (χ0) is 17.3. The molecular formula is C18H10N4O4. The van der Waals surface area contributed by atoms with Crippen molar-refractivity contribution in [3.05, 3.63) is 61.7 Å². The van der Waals surface area contributed by atoms with E-state index < -0.39 is 0 Å². The van der Waals surface area contributed by atoms with E-state index in [-0.39, 0.29) is 5.89 Å². The standard InChI is InChI=1S/C18H10N4O4/c1-2-4-11(5-3-1)15-6-19-16(26-15)13-8-25-18(21-13)14-9-24-17(22-14)12-7-23-10-20-12/h1-10H. The summed E-state index contributed by atoms with van der Waals surface area (Å²) in [4.78, 5) is 16.9. The van der Waals surface area contributed by atoms with Crippen LogP contribution in [-0.4, -0.2) is 19.9 Å². The minimum absolute atomic E-state index is 0.290. The molecule has 0 saturated heterocycles. The first-order chi connectivity index (χ1) is 12.9. The predicted octanol–water partition coefficient (Wildman–Crippen LogP) is 4.31. The van der Waals surface area contributed by atoms with Gasteiger partial charge in [-0.1, -0.05) is 30.3 Å². The Bertz CT molecular complexity index is 1140. The van der Waals surface area contributed by atoms with Gasteiger partial charge in [-0.3, -0.25) is 0 Å². The molecule has 5 aromatic rings. The highest BCUT2D eigenvalue weighted by molar-refractivity contribution is 5.60. The summed E-state index contributed by atoms with van der Waals surface area (Å²) in [7, 11) is 0. The number of rotatable bonds is 4. The fourth-order valence-electron chi connectivity index (χ4n) is 2.43. The van der Waals surface area contributed by atoms with Crippen molar-refractivity contribution in [2.24, 2.45) is 0 Å². The molecular weight excluding hydrogens is 336 g/mol. The smallest absolute Gasteiger partial charge is 0.249 e. The summed E-state index contributed by atoms with van der Waals surface area (Å²) < 4.78 is 21.5. The summed E-state index contributed by atoms with van der Waals surface area (Å²) in [5, 5.41) is 0. The molecule has 0 N–H and O–H groups in total. The van der Waals surface area contributed by atoms with Crippen LogP contribution in [0.5, 0.6) is 0 Å². The Kier molecular flexibility index (Phi) is 3.24. The second-order valence-corrected chi connectivity index (χ2v) is 5.35. The van der Waals surface area contributed by atoms with E-state index in [0.29, 0.717) is 34.6 Å². The fourth-order valence-corrected chi connectivity index (χ4v) is 2.43. The lowest BCUT2D eigenvalue weighted by atomic mass is 10.2. The molecule has 126 valence electrons. The quantitative estimate of drug-likeness (QED) is 0.474. The van der Waals surface area contributed by atoms with Gasteiger partial charge in [-0.05, 0) is 0 Å². The Morgan fingerprint density at radius 3 is 2.15 bits per heavy atom. The van der Waals surface area contributed by atoms with E-state index in [1.165, 1.54) is 25.2 Å². The van der Waals surface area contributed by atoms with Gasteiger partial charge in [-0.15, -0.1) is 0 Å². The Morgan fingerprint density at radius 2 is 1.42 bits per heavy atom. The van der Waals surface area contributed by atoms with E-state index in [9.17, 15) is 0 Å². The zero-order valence-corrected chi connectivity index (χ0v) is 13.2. The van der Waals surface area contributed by atoms with Crippen LogP contribution < -0.4 is 0 Å². The molecule has 0 amide bonds. The molecule has 0 fully saturated rings. The van der Waals surface area contributed by atoms with Crippen molar-refractivity contribution in [3.63, 3.8) is 0 Å². The molecule has 5 rings (SSSR count). The van der Waals surface area contributed by atoms with Crippen LogP contribution in [0.25, 0.3) is 46.1 Å². The molecule has 0 aliphatic heterocycles. The van der Waals surface area contributed by atoms with E-state index in [1.807, 2.05) is 30.3 Å². The molecule has 0 aliphatic carbocycles. The van der Waals surface area contributed by atoms with Gasteiger partial charge in [0.25, 0.3) is 0 Å². The molecule has 1 aromatic carbocycles. The highest BCUT2D eigenvalue weighted by Crippen LogP contribution is 2.28. The Hall–Kier alpha value is -3.94. The molecule has 4 heterocycles. The molecule has 0 bridgehead atoms. The second kappa shape index (κ2) is 5.85. The number of hydrogen-bond acceptors (Lipinski definition) is 8. The fraction of sp³-hybridized carbons (Fsp3) is 0. The first-order valence-electron chi connectivity index (χ1n) is 7.68. The number of aromatic nitrogens is 4. The summed E-state index contributed by atoms with van der Waals surface area (Å²) in [6.07, 6.45) is 7.28. The maximum absolute atomic E-state index is 5.77. The van der Waals surface area contributed by atoms with Gasteiger partial charge in [0.15, 0.2) is 29.2 Å². The van der Waals surface area contributed by atoms with Gasteiger partial charge in [0.05, 0.1) is 6.20 Å². The van der Waals surface area contributed by atoms with Gasteiger partial charge in [-0.2, -0.15) is 0 Å². The molecule has 0 spiro atoms. The van der Waals surface area contributed by atoms with Crippen LogP contribution >= 0.6 is 0 Å². The second-order valence-electron chi connectivity index (χ2n) is 5.35. The van der Waals surface area contributed by atoms with Crippen molar-refractivity contribution in [1.82, 2.24) is 19.9 Å². The third-order valence-electron chi connectivity index (χ3n) is 3.66. The highest BCUT2D eigenvalue weighted by Gasteiger charge is 2.18. The molecule has 0 atom stereocenters. The maximum Gasteiger partial charge on any atom is 0.249 e. The van der Waals surface area contributed by atoms with E-state index in [2.05, 4.69) is 19.9 Å². The molecule has 8 nitrogen and oxygen atoms in total. The van der Waals surface area contributed by atoms with Crippen LogP contribution in [0.2, 0.25) is 0 Å². The van der Waals surface area contributed by atoms with Gasteiger partial charge < -0.3 is 17.7 Å². The Labute approximate surface area is 146 Å². The lowest BCUT2D eigenvalue weighted by Gasteiger charge is -1.93. The molecule has 0 unspecified atom stereocenters. The van der Waals surface area contributed by atoms with E-state index in [1.54, 1.807) is 6.20 Å². The lowest BCUT2D eigenvalue weighted by Crippen LogP contribution is -1.81. The number of nitrogens with zero attached hydrogens (tertiary/aromatic N) is 4. The molecule has 0 saturated carbocycles. The highest BCUT2D eigenvalue weighted by atomic mass is 16.4. The largest absolute Gasteiger partial charge is 0.451 e. The summed E-state index contributed by atoms with van der Waals surface area (Å²) in [5.41, 5.74) is 2.32. The van der Waals surface area contributed by atoms with Crippen LogP contribution in [0, 0.1) is 0 Å². The van der Waals surface area contributed by atoms with Crippen LogP contribution in [0.3, 0.4) is 0 Å². The monoisotopic (exact) mass is 346 g/mol. The van der Waals surface area contributed by atoms with Crippen LogP contribution in [-0.2, 0) is 0 Å². The maximum atomic E-state index is 5.77. The SMILES string of the molecule is c1ccc(-c2cnc(-c3coc(-c4coc(-c5cocn5)n4)n3)o2)cc1. The van der Waals surface area contributed by atoms with Crippen molar-refractivity contribution < 1.29 is 17.7 Å². The summed E-state index contributed by atoms with van der Waals surface area (Å²) >= 11 is 0. The first kappa shape index (κ1) is 14.4. The molecule has 26 heavy (non-hydrogen) atoms. The van der Waals surface area contributed by atoms with Gasteiger partial charge in [0.2, 0.25) is 17.7 Å². The van der Waals surface area contributed by atoms with E-state index in [0.717, 1.165) is 5.56 Å². The van der Waals surface area contributed by atoms with Crippen molar-refractivity contribution in [2.75, 3.05) is 0 Å². The van der Waals surface area contributed by atoms with Gasteiger partial charge in [0, 0.05) is 5.56 Å². The first-order valence-corrected chi connectivity index (χ1v) is 7.68. The van der Waals surface area contributed by atoms with Crippen molar-refractivity contribution >= 4 is 0 Å². The van der Waals surface area contributed by atoms with Crippen LogP contribution in [0.4, 0.5) is 0 Å². The summed E-state index contributed by atoms with van der Waals surface area (Å²) in [6.45, 7) is 0. The van der Waals surface area contributed by atoms with E-state index in [4.69, 9.17) is 17.7 Å². The molecule has 8 heteroatoms. The zero-order valence-electron chi connectivity index (χ0n) is 13.2. The number of benzene rings is 1. The third kappa shape index (κ3) is 2.49. The number of hydrogen-bond donors (Lipinski definition) is 0. The van der Waals surface area contributed by atoms with Gasteiger partial charge in [0.1, 0.15) is 18.8 Å². The molecule has 0 radical (unpaired) electrons. The minimum Gasteiger partial charge on any atom is -0.451 e. The summed E-state index contributed by atoms with van der Waals surface area (Å²) in [5.74, 6) is 1.62. The van der Waals surface area contributed by atoms with Gasteiger partial charge in [-0.25, -0.2) is 19.9 Å². The van der Waals surface area contributed by atoms with Crippen LogP contribution in [0.15, 0.2) is 79.4 Å². The topological polar surface area (TPSA) is 104 Å². The predicted molar refractivity (Wildman–Crippen MR) is 88.4 cm³/mol. The third-order valence-corrected chi connectivity index (χ3v) is 3.66. The van der Waals surface area contributed by atoms with E-state index >= 15 is 0 Å². The average Bonchev–Trinajstić information content (AvgIpc) is 3.49. The van der Waals surface area contributed by atoms with Crippen molar-refractivity contribution in [1.29, 1.82) is 0 Å². The van der Waals surface area contributed by atoms with Gasteiger partial charge >= 0.3 is 0 Å². The molecule has 4 aromatic heterocycles. The van der Waals surface area contributed by atoms with Crippen LogP contribution in [0.1, 0.15) is 0 Å². The average molecular weight is 346 g/mol. The van der Waals surface area contributed by atoms with Crippen molar-refractivity contribution in [2.45, 2.75) is 0 Å². The summed E-state index contributed by atoms with van der Waals surface area (Å²) in [6, 6.07) is 9.69. The molecule has 0 aliphatic rings. The van der Waals surface area contributed by atoms with Crippen molar-refractivity contribution in [3.8, 4) is 46.1 Å². The number of oxazole rings is 4. The normalized spacial score (nSPS) is 11.1. The Balaban J connectivity index is 1.43. The lowest BCUT2D eigenvalue weighted by molar-refractivity contribution is 0.553. The minimum atomic E-state index is 0.290. The Morgan fingerprint density at radius 1 is 0.692 bits per heavy atom.